The van der Waals surface area contributed by atoms with E-state index in [1.54, 1.807) is 5.47 Å². The first-order valence-electron chi connectivity index (χ1n) is 8.42. The second-order valence-electron chi connectivity index (χ2n) is 8.77. The fourth-order valence-electron chi connectivity index (χ4n) is 4.30. The third-order valence-electron chi connectivity index (χ3n) is 6.36. The normalized spacial score (nSPS) is 29.6. The Hall–Kier alpha value is 0.0218. The van der Waals surface area contributed by atoms with Crippen LogP contribution < -0.4 is 0 Å². The van der Waals surface area contributed by atoms with E-state index in [-0.39, 0.29) is 0 Å². The topological polar surface area (TPSA) is 0 Å². The van der Waals surface area contributed by atoms with E-state index in [0.29, 0.717) is 5.04 Å². The van der Waals surface area contributed by atoms with Gasteiger partial charge in [0, 0.05) is 0 Å². The molecular weight excluding hydrogens is 243 g/mol. The first-order valence-corrected chi connectivity index (χ1v) is 11.5. The molecule has 0 spiro atoms. The molecule has 2 fully saturated rings. The van der Waals surface area contributed by atoms with Gasteiger partial charge in [0.25, 0.3) is 0 Å². The van der Waals surface area contributed by atoms with Gasteiger partial charge >= 0.3 is 0 Å². The van der Waals surface area contributed by atoms with Gasteiger partial charge in [-0.25, -0.2) is 0 Å². The highest BCUT2D eigenvalue weighted by atomic mass is 28.3. The summed E-state index contributed by atoms with van der Waals surface area (Å²) in [4.78, 5) is 0. The molecule has 2 heteroatoms. The summed E-state index contributed by atoms with van der Waals surface area (Å²) in [6.45, 7) is 15.8. The van der Waals surface area contributed by atoms with Crippen molar-refractivity contribution in [3.63, 3.8) is 0 Å². The summed E-state index contributed by atoms with van der Waals surface area (Å²) in [5.41, 5.74) is 4.52. The lowest BCUT2D eigenvalue weighted by molar-refractivity contribution is 0.446. The zero-order chi connectivity index (χ0) is 14.3. The van der Waals surface area contributed by atoms with Gasteiger partial charge in [0.15, 0.2) is 6.71 Å². The quantitative estimate of drug-likeness (QED) is 0.533. The zero-order valence-corrected chi connectivity index (χ0v) is 15.1. The second-order valence-corrected chi connectivity index (χ2v) is 14.0. The molecule has 108 valence electrons. The molecule has 2 bridgehead atoms. The molecular formula is C17H33BSi. The fraction of sp³-hybridized carbons (Fsp3) is 0.882. The summed E-state index contributed by atoms with van der Waals surface area (Å²) in [5.74, 6) is 2.04. The molecule has 2 aliphatic heterocycles. The molecule has 0 amide bonds. The summed E-state index contributed by atoms with van der Waals surface area (Å²) in [5, 5.41) is 0.484. The SMILES string of the molecule is C/C(=C\[Si](C)(C)C(C)(C)C)B1C2CCCC1CCC2. The summed E-state index contributed by atoms with van der Waals surface area (Å²) < 4.78 is 0. The van der Waals surface area contributed by atoms with Crippen molar-refractivity contribution in [3.8, 4) is 0 Å². The van der Waals surface area contributed by atoms with Gasteiger partial charge in [0.05, 0.1) is 8.07 Å². The largest absolute Gasteiger partial charge is 0.175 e. The van der Waals surface area contributed by atoms with Crippen molar-refractivity contribution in [2.45, 2.75) is 96.0 Å². The number of fused-ring (bicyclic) bond motifs is 2. The van der Waals surface area contributed by atoms with Gasteiger partial charge in [0.2, 0.25) is 0 Å². The fourth-order valence-corrected chi connectivity index (χ4v) is 6.07. The molecule has 2 saturated heterocycles. The molecule has 0 saturated carbocycles. The third-order valence-corrected chi connectivity index (χ3v) is 11.4. The van der Waals surface area contributed by atoms with Crippen LogP contribution in [0.15, 0.2) is 11.2 Å². The molecule has 0 atom stereocenters. The lowest BCUT2D eigenvalue weighted by Crippen LogP contribution is -2.40. The average Bonchev–Trinajstić information content (AvgIpc) is 2.25. The number of rotatable bonds is 2. The molecule has 0 radical (unpaired) electrons. The van der Waals surface area contributed by atoms with Crippen LogP contribution in [0.25, 0.3) is 0 Å². The second kappa shape index (κ2) is 5.43. The molecule has 0 N–H and O–H groups in total. The van der Waals surface area contributed by atoms with E-state index in [9.17, 15) is 0 Å². The van der Waals surface area contributed by atoms with Crippen molar-refractivity contribution in [2.24, 2.45) is 0 Å². The summed E-state index contributed by atoms with van der Waals surface area (Å²) in [7, 11) is -1.26. The molecule has 0 aromatic heterocycles. The van der Waals surface area contributed by atoms with Crippen molar-refractivity contribution >= 4 is 14.8 Å². The average molecular weight is 276 g/mol. The Morgan fingerprint density at radius 1 is 1.00 bits per heavy atom. The van der Waals surface area contributed by atoms with Crippen molar-refractivity contribution in [3.05, 3.63) is 11.2 Å². The maximum Gasteiger partial charge on any atom is 0.175 e. The van der Waals surface area contributed by atoms with E-state index >= 15 is 0 Å². The van der Waals surface area contributed by atoms with Crippen molar-refractivity contribution in [2.75, 3.05) is 0 Å². The summed E-state index contributed by atoms with van der Waals surface area (Å²) in [6, 6.07) is 0. The Labute approximate surface area is 122 Å². The van der Waals surface area contributed by atoms with Crippen LogP contribution >= 0.6 is 0 Å². The highest BCUT2D eigenvalue weighted by molar-refractivity contribution is 6.86. The van der Waals surface area contributed by atoms with Crippen molar-refractivity contribution in [1.82, 2.24) is 0 Å². The van der Waals surface area contributed by atoms with Crippen molar-refractivity contribution in [1.29, 1.82) is 0 Å². The van der Waals surface area contributed by atoms with Crippen LogP contribution in [-0.4, -0.2) is 14.8 Å². The van der Waals surface area contributed by atoms with E-state index in [0.717, 1.165) is 18.3 Å². The standard InChI is InChI=1S/C17H33BSi/c1-14(13-19(5,6)17(2,3)4)18-15-9-7-10-16(18)12-8-11-15/h13,15-16H,7-12H2,1-6H3/b14-13+. The molecule has 0 nitrogen and oxygen atoms in total. The highest BCUT2D eigenvalue weighted by Crippen LogP contribution is 2.49. The van der Waals surface area contributed by atoms with Gasteiger partial charge in [-0.2, -0.15) is 0 Å². The van der Waals surface area contributed by atoms with Gasteiger partial charge in [0.1, 0.15) is 0 Å². The van der Waals surface area contributed by atoms with Gasteiger partial charge in [-0.1, -0.05) is 90.9 Å². The smallest absolute Gasteiger partial charge is 0.111 e. The maximum absolute atomic E-state index is 2.76. The lowest BCUT2D eigenvalue weighted by Gasteiger charge is -2.43. The Balaban J connectivity index is 2.21. The van der Waals surface area contributed by atoms with E-state index < -0.39 is 8.07 Å². The van der Waals surface area contributed by atoms with Crippen LogP contribution in [0.5, 0.6) is 0 Å². The molecule has 0 aromatic rings. The third kappa shape index (κ3) is 3.20. The molecule has 0 aromatic carbocycles. The zero-order valence-electron chi connectivity index (χ0n) is 14.1. The van der Waals surface area contributed by atoms with Gasteiger partial charge in [-0.05, 0) is 5.04 Å². The molecule has 2 aliphatic rings. The van der Waals surface area contributed by atoms with Gasteiger partial charge in [-0.3, -0.25) is 0 Å². The van der Waals surface area contributed by atoms with Crippen LogP contribution in [0.1, 0.15) is 66.2 Å². The Kier molecular flexibility index (Phi) is 4.40. The number of hydrogen-bond donors (Lipinski definition) is 0. The van der Waals surface area contributed by atoms with Crippen LogP contribution in [0.2, 0.25) is 29.8 Å². The van der Waals surface area contributed by atoms with Crippen LogP contribution in [0.3, 0.4) is 0 Å². The van der Waals surface area contributed by atoms with Crippen LogP contribution in [0, 0.1) is 0 Å². The Morgan fingerprint density at radius 2 is 1.42 bits per heavy atom. The Morgan fingerprint density at radius 3 is 1.79 bits per heavy atom. The molecule has 2 rings (SSSR count). The van der Waals surface area contributed by atoms with E-state index in [4.69, 9.17) is 0 Å². The minimum absolute atomic E-state index is 0.484. The van der Waals surface area contributed by atoms with Crippen molar-refractivity contribution < 1.29 is 0 Å². The molecule has 0 unspecified atom stereocenters. The Bertz CT molecular complexity index is 329. The minimum atomic E-state index is -1.26. The predicted molar refractivity (Wildman–Crippen MR) is 91.9 cm³/mol. The highest BCUT2D eigenvalue weighted by Gasteiger charge is 2.41. The van der Waals surface area contributed by atoms with Crippen LogP contribution in [-0.2, 0) is 0 Å². The molecule has 2 heterocycles. The summed E-state index contributed by atoms with van der Waals surface area (Å²) >= 11 is 0. The van der Waals surface area contributed by atoms with E-state index in [1.807, 2.05) is 0 Å². The van der Waals surface area contributed by atoms with E-state index in [2.05, 4.69) is 46.5 Å². The van der Waals surface area contributed by atoms with Crippen LogP contribution in [0.4, 0.5) is 0 Å². The molecule has 19 heavy (non-hydrogen) atoms. The minimum Gasteiger partial charge on any atom is -0.111 e. The number of allylic oxidation sites excluding steroid dienone is 1. The molecule has 0 aliphatic carbocycles. The maximum atomic E-state index is 2.76. The first-order chi connectivity index (χ1) is 8.72. The summed E-state index contributed by atoms with van der Waals surface area (Å²) in [6.07, 6.45) is 9.01. The first kappa shape index (κ1) is 15.4. The number of hydrogen-bond acceptors (Lipinski definition) is 0. The monoisotopic (exact) mass is 276 g/mol. The van der Waals surface area contributed by atoms with Gasteiger partial charge in [-0.15, -0.1) is 11.2 Å². The lowest BCUT2D eigenvalue weighted by atomic mass is 9.25. The van der Waals surface area contributed by atoms with Gasteiger partial charge < -0.3 is 0 Å². The van der Waals surface area contributed by atoms with E-state index in [1.165, 1.54) is 38.5 Å². The predicted octanol–water partition coefficient (Wildman–Crippen LogP) is 6.12.